The number of rotatable bonds is 3. The highest BCUT2D eigenvalue weighted by atomic mass is 32.1. The predicted octanol–water partition coefficient (Wildman–Crippen LogP) is 9.28. The number of aromatic nitrogens is 3. The smallest absolute Gasteiger partial charge is 0.0702 e. The Morgan fingerprint density at radius 3 is 2.26 bits per heavy atom. The van der Waals surface area contributed by atoms with E-state index in [0.717, 1.165) is 11.3 Å². The van der Waals surface area contributed by atoms with E-state index in [9.17, 15) is 0 Å². The maximum absolute atomic E-state index is 4.55. The molecule has 4 aromatic carbocycles. The average Bonchev–Trinajstić information content (AvgIpc) is 3.51. The zero-order valence-electron chi connectivity index (χ0n) is 20.4. The number of fused-ring (bicyclic) bond motifs is 6. The lowest BCUT2D eigenvalue weighted by Crippen LogP contribution is -1.93. The lowest BCUT2D eigenvalue weighted by molar-refractivity contribution is 1.18. The molecular formula is C34H21N3S. The van der Waals surface area contributed by atoms with Crippen molar-refractivity contribution < 1.29 is 0 Å². The molecule has 178 valence electrons. The largest absolute Gasteiger partial charge is 0.309 e. The van der Waals surface area contributed by atoms with Gasteiger partial charge in [0.05, 0.1) is 16.7 Å². The summed E-state index contributed by atoms with van der Waals surface area (Å²) in [6.45, 7) is 0. The minimum Gasteiger partial charge on any atom is -0.309 e. The summed E-state index contributed by atoms with van der Waals surface area (Å²) in [7, 11) is 0. The summed E-state index contributed by atoms with van der Waals surface area (Å²) in [5, 5.41) is 4.98. The van der Waals surface area contributed by atoms with E-state index in [0.29, 0.717) is 0 Å². The SMILES string of the molecule is c1ccc(-n2c3ccc(-c4cccc(-c5ccccn5)c4)cc3c3cc4c(cc32)sc2ccncc24)cc1. The van der Waals surface area contributed by atoms with Crippen LogP contribution in [0.5, 0.6) is 0 Å². The van der Waals surface area contributed by atoms with Gasteiger partial charge in [-0.2, -0.15) is 0 Å². The Morgan fingerprint density at radius 1 is 0.526 bits per heavy atom. The van der Waals surface area contributed by atoms with E-state index in [1.165, 1.54) is 58.8 Å². The lowest BCUT2D eigenvalue weighted by atomic mass is 9.99. The van der Waals surface area contributed by atoms with Gasteiger partial charge in [-0.3, -0.25) is 9.97 Å². The van der Waals surface area contributed by atoms with Crippen molar-refractivity contribution in [3.05, 3.63) is 128 Å². The standard InChI is InChI=1S/C34H21N3S/c1-2-9-25(10-3-1)37-31-13-12-23(22-7-6-8-24(17-22)30-11-4-5-15-36-30)18-26(31)27-19-28-29-21-35-16-14-33(29)38-34(28)20-32(27)37/h1-21H. The number of thiophene rings is 1. The molecule has 0 aliphatic rings. The molecule has 38 heavy (non-hydrogen) atoms. The van der Waals surface area contributed by atoms with E-state index in [1.54, 1.807) is 0 Å². The van der Waals surface area contributed by atoms with Crippen LogP contribution in [0.25, 0.3) is 70.0 Å². The molecule has 0 spiro atoms. The highest BCUT2D eigenvalue weighted by Gasteiger charge is 2.16. The Kier molecular flexibility index (Phi) is 4.69. The topological polar surface area (TPSA) is 30.7 Å². The minimum absolute atomic E-state index is 0.983. The summed E-state index contributed by atoms with van der Waals surface area (Å²) in [5.41, 5.74) is 8.07. The quantitative estimate of drug-likeness (QED) is 0.240. The van der Waals surface area contributed by atoms with Gasteiger partial charge in [0.15, 0.2) is 0 Å². The Hall–Kier alpha value is -4.80. The predicted molar refractivity (Wildman–Crippen MR) is 160 cm³/mol. The van der Waals surface area contributed by atoms with Crippen LogP contribution in [0, 0.1) is 0 Å². The molecule has 0 saturated carbocycles. The molecule has 4 aromatic heterocycles. The van der Waals surface area contributed by atoms with Gasteiger partial charge in [-0.05, 0) is 71.8 Å². The third-order valence-corrected chi connectivity index (χ3v) is 8.46. The zero-order chi connectivity index (χ0) is 25.1. The second kappa shape index (κ2) is 8.37. The summed E-state index contributed by atoms with van der Waals surface area (Å²) in [4.78, 5) is 8.97. The van der Waals surface area contributed by atoms with Crippen LogP contribution in [0.3, 0.4) is 0 Å². The van der Waals surface area contributed by atoms with E-state index < -0.39 is 0 Å². The first-order valence-corrected chi connectivity index (χ1v) is 13.5. The number of para-hydroxylation sites is 1. The van der Waals surface area contributed by atoms with Crippen molar-refractivity contribution in [3.8, 4) is 28.1 Å². The van der Waals surface area contributed by atoms with E-state index in [1.807, 2.05) is 42.1 Å². The van der Waals surface area contributed by atoms with E-state index in [4.69, 9.17) is 0 Å². The van der Waals surface area contributed by atoms with Gasteiger partial charge in [0.25, 0.3) is 0 Å². The Balaban J connectivity index is 1.41. The van der Waals surface area contributed by atoms with Crippen LogP contribution in [-0.4, -0.2) is 14.5 Å². The summed E-state index contributed by atoms with van der Waals surface area (Å²) in [5.74, 6) is 0. The summed E-state index contributed by atoms with van der Waals surface area (Å²) in [6.07, 6.45) is 5.71. The van der Waals surface area contributed by atoms with Crippen LogP contribution < -0.4 is 0 Å². The van der Waals surface area contributed by atoms with Gasteiger partial charge in [-0.25, -0.2) is 0 Å². The van der Waals surface area contributed by atoms with Crippen molar-refractivity contribution >= 4 is 53.3 Å². The van der Waals surface area contributed by atoms with Gasteiger partial charge < -0.3 is 4.57 Å². The first-order chi connectivity index (χ1) is 18.8. The number of hydrogen-bond donors (Lipinski definition) is 0. The second-order valence-electron chi connectivity index (χ2n) is 9.54. The van der Waals surface area contributed by atoms with Gasteiger partial charge >= 0.3 is 0 Å². The van der Waals surface area contributed by atoms with Crippen molar-refractivity contribution in [2.24, 2.45) is 0 Å². The number of nitrogens with zero attached hydrogens (tertiary/aromatic N) is 3. The molecule has 0 atom stereocenters. The van der Waals surface area contributed by atoms with Gasteiger partial charge in [-0.15, -0.1) is 11.3 Å². The van der Waals surface area contributed by atoms with Crippen molar-refractivity contribution in [1.82, 2.24) is 14.5 Å². The molecule has 0 unspecified atom stereocenters. The molecule has 4 heterocycles. The molecule has 0 saturated heterocycles. The molecule has 0 fully saturated rings. The maximum Gasteiger partial charge on any atom is 0.0702 e. The normalized spacial score (nSPS) is 11.7. The lowest BCUT2D eigenvalue weighted by Gasteiger charge is -2.09. The minimum atomic E-state index is 0.983. The van der Waals surface area contributed by atoms with Gasteiger partial charge in [0.1, 0.15) is 0 Å². The van der Waals surface area contributed by atoms with E-state index >= 15 is 0 Å². The van der Waals surface area contributed by atoms with Crippen LogP contribution in [0.15, 0.2) is 128 Å². The summed E-state index contributed by atoms with van der Waals surface area (Å²) >= 11 is 1.83. The molecule has 0 aliphatic heterocycles. The molecule has 3 nitrogen and oxygen atoms in total. The van der Waals surface area contributed by atoms with Crippen molar-refractivity contribution in [1.29, 1.82) is 0 Å². The van der Waals surface area contributed by atoms with Crippen LogP contribution >= 0.6 is 11.3 Å². The molecule has 0 radical (unpaired) electrons. The van der Waals surface area contributed by atoms with Crippen molar-refractivity contribution in [2.45, 2.75) is 0 Å². The fourth-order valence-electron chi connectivity index (χ4n) is 5.56. The Morgan fingerprint density at radius 2 is 1.37 bits per heavy atom. The highest BCUT2D eigenvalue weighted by molar-refractivity contribution is 7.25. The summed E-state index contributed by atoms with van der Waals surface area (Å²) < 4.78 is 4.94. The number of benzene rings is 4. The fourth-order valence-corrected chi connectivity index (χ4v) is 6.65. The number of hydrogen-bond acceptors (Lipinski definition) is 3. The van der Waals surface area contributed by atoms with Crippen LogP contribution in [0.4, 0.5) is 0 Å². The van der Waals surface area contributed by atoms with Crippen molar-refractivity contribution in [2.75, 3.05) is 0 Å². The van der Waals surface area contributed by atoms with Gasteiger partial charge in [0.2, 0.25) is 0 Å². The molecule has 0 bridgehead atoms. The molecule has 0 aliphatic carbocycles. The third-order valence-electron chi connectivity index (χ3n) is 7.33. The second-order valence-corrected chi connectivity index (χ2v) is 10.6. The Bertz CT molecular complexity index is 2120. The van der Waals surface area contributed by atoms with Crippen molar-refractivity contribution in [3.63, 3.8) is 0 Å². The van der Waals surface area contributed by atoms with Gasteiger partial charge in [0, 0.05) is 60.8 Å². The zero-order valence-corrected chi connectivity index (χ0v) is 21.2. The average molecular weight is 504 g/mol. The third kappa shape index (κ3) is 3.28. The number of pyridine rings is 2. The van der Waals surface area contributed by atoms with E-state index in [-0.39, 0.29) is 0 Å². The van der Waals surface area contributed by atoms with Crippen LogP contribution in [-0.2, 0) is 0 Å². The van der Waals surface area contributed by atoms with Gasteiger partial charge in [-0.1, -0.05) is 48.5 Å². The monoisotopic (exact) mass is 503 g/mol. The van der Waals surface area contributed by atoms with E-state index in [2.05, 4.69) is 112 Å². The molecule has 0 amide bonds. The first-order valence-electron chi connectivity index (χ1n) is 12.7. The molecule has 4 heteroatoms. The molecular weight excluding hydrogens is 482 g/mol. The molecule has 8 rings (SSSR count). The Labute approximate surface area is 223 Å². The first kappa shape index (κ1) is 21.3. The summed E-state index contributed by atoms with van der Waals surface area (Å²) in [6, 6.07) is 39.0. The molecule has 8 aromatic rings. The molecule has 0 N–H and O–H groups in total. The highest BCUT2D eigenvalue weighted by Crippen LogP contribution is 2.41. The van der Waals surface area contributed by atoms with Crippen LogP contribution in [0.2, 0.25) is 0 Å². The maximum atomic E-state index is 4.55. The van der Waals surface area contributed by atoms with Crippen LogP contribution in [0.1, 0.15) is 0 Å². The fraction of sp³-hybridized carbons (Fsp3) is 0.